The molecular formula is C26H28O15. The second-order valence-corrected chi connectivity index (χ2v) is 9.96. The van der Waals surface area contributed by atoms with Crippen LogP contribution in [0.25, 0.3) is 22.3 Å². The van der Waals surface area contributed by atoms with E-state index in [-0.39, 0.29) is 11.3 Å². The largest absolute Gasteiger partial charge is 0.507 e. The van der Waals surface area contributed by atoms with Crippen molar-refractivity contribution in [3.05, 3.63) is 45.6 Å². The molecule has 2 aliphatic rings. The summed E-state index contributed by atoms with van der Waals surface area (Å²) in [6.07, 6.45) is -16.0. The van der Waals surface area contributed by atoms with E-state index in [4.69, 9.17) is 13.9 Å². The molecule has 0 saturated carbocycles. The Morgan fingerprint density at radius 2 is 1.44 bits per heavy atom. The second-order valence-electron chi connectivity index (χ2n) is 9.96. The summed E-state index contributed by atoms with van der Waals surface area (Å²) < 4.78 is 16.8. The fourth-order valence-electron chi connectivity index (χ4n) is 5.16. The Labute approximate surface area is 229 Å². The molecule has 2 aliphatic heterocycles. The standard InChI is InChI=1S/C26H28O15/c27-5-13-18(33)21(36)23(38)26(41-13)15-19(34)14-10(30)4-12(7-1-2-8(28)9(29)3-7)40-24(14)16(20(15)35)25-22(37)17(32)11(31)6-39-25/h1-4,11,13,17-18,21-23,25-29,31-38H,5-6H2/t11?,13-,17?,18-,21+,22?,23-,25?,26+/m1/s1. The van der Waals surface area contributed by atoms with E-state index in [1.165, 1.54) is 6.07 Å². The molecule has 15 heteroatoms. The van der Waals surface area contributed by atoms with E-state index < -0.39 is 119 Å². The Morgan fingerprint density at radius 1 is 0.756 bits per heavy atom. The van der Waals surface area contributed by atoms with E-state index in [0.717, 1.165) is 18.2 Å². The average molecular weight is 580 g/mol. The number of ether oxygens (including phenoxy) is 2. The molecule has 0 amide bonds. The summed E-state index contributed by atoms with van der Waals surface area (Å²) in [5.41, 5.74) is -2.64. The van der Waals surface area contributed by atoms with Crippen LogP contribution in [0, 0.1) is 0 Å². The smallest absolute Gasteiger partial charge is 0.197 e. The van der Waals surface area contributed by atoms with Crippen LogP contribution in [0.3, 0.4) is 0 Å². The molecule has 1 aromatic heterocycles. The summed E-state index contributed by atoms with van der Waals surface area (Å²) >= 11 is 0. The molecule has 11 N–H and O–H groups in total. The predicted molar refractivity (Wildman–Crippen MR) is 134 cm³/mol. The van der Waals surface area contributed by atoms with Crippen LogP contribution in [-0.4, -0.2) is 112 Å². The zero-order valence-corrected chi connectivity index (χ0v) is 21.0. The van der Waals surface area contributed by atoms with Gasteiger partial charge in [0.05, 0.1) is 24.3 Å². The Balaban J connectivity index is 1.81. The fraction of sp³-hybridized carbons (Fsp3) is 0.423. The monoisotopic (exact) mass is 580 g/mol. The van der Waals surface area contributed by atoms with Crippen molar-refractivity contribution in [3.63, 3.8) is 0 Å². The lowest BCUT2D eigenvalue weighted by atomic mass is 9.85. The molecule has 2 saturated heterocycles. The second kappa shape index (κ2) is 10.7. The van der Waals surface area contributed by atoms with Gasteiger partial charge in [0.1, 0.15) is 77.6 Å². The van der Waals surface area contributed by atoms with Crippen LogP contribution in [0.2, 0.25) is 0 Å². The number of fused-ring (bicyclic) bond motifs is 1. The third-order valence-corrected chi connectivity index (χ3v) is 7.42. The van der Waals surface area contributed by atoms with E-state index in [1.807, 2.05) is 0 Å². The van der Waals surface area contributed by atoms with Gasteiger partial charge in [-0.1, -0.05) is 0 Å². The average Bonchev–Trinajstić information content (AvgIpc) is 2.93. The van der Waals surface area contributed by atoms with E-state index >= 15 is 0 Å². The third-order valence-electron chi connectivity index (χ3n) is 7.42. The number of hydrogen-bond acceptors (Lipinski definition) is 15. The lowest BCUT2D eigenvalue weighted by molar-refractivity contribution is -0.232. The van der Waals surface area contributed by atoms with Gasteiger partial charge in [-0.15, -0.1) is 0 Å². The molecule has 3 heterocycles. The molecule has 9 atom stereocenters. The number of aromatic hydroxyl groups is 4. The molecule has 0 aliphatic carbocycles. The normalized spacial score (nSPS) is 32.3. The number of phenolic OH excluding ortho intramolecular Hbond substituents is 4. The number of aliphatic hydroxyl groups excluding tert-OH is 7. The van der Waals surface area contributed by atoms with Crippen LogP contribution >= 0.6 is 0 Å². The number of aliphatic hydroxyl groups is 7. The van der Waals surface area contributed by atoms with Gasteiger partial charge in [0.15, 0.2) is 22.5 Å². The van der Waals surface area contributed by atoms with Crippen LogP contribution in [0.4, 0.5) is 0 Å². The van der Waals surface area contributed by atoms with Crippen molar-refractivity contribution in [2.24, 2.45) is 0 Å². The third kappa shape index (κ3) is 4.66. The first-order valence-corrected chi connectivity index (χ1v) is 12.4. The van der Waals surface area contributed by atoms with Gasteiger partial charge in [-0.05, 0) is 18.2 Å². The van der Waals surface area contributed by atoms with Crippen molar-refractivity contribution in [3.8, 4) is 34.3 Å². The lowest BCUT2D eigenvalue weighted by Crippen LogP contribution is -2.55. The Bertz CT molecular complexity index is 1520. The number of phenols is 4. The van der Waals surface area contributed by atoms with E-state index in [2.05, 4.69) is 0 Å². The summed E-state index contributed by atoms with van der Waals surface area (Å²) in [5.74, 6) is -3.21. The first-order valence-electron chi connectivity index (χ1n) is 12.4. The Morgan fingerprint density at radius 3 is 2.10 bits per heavy atom. The number of benzene rings is 2. The minimum Gasteiger partial charge on any atom is -0.507 e. The SMILES string of the molecule is O=c1cc(-c2ccc(O)c(O)c2)oc2c(C3OCC(O)C(O)C3O)c(O)c([C@@H]3O[C@H](CO)[C@@H](O)[C@H](O)[C@H]3O)c(O)c12. The summed E-state index contributed by atoms with van der Waals surface area (Å²) in [6.45, 7) is -1.39. The zero-order valence-electron chi connectivity index (χ0n) is 21.0. The van der Waals surface area contributed by atoms with Crippen LogP contribution < -0.4 is 5.43 Å². The van der Waals surface area contributed by atoms with E-state index in [0.29, 0.717) is 0 Å². The van der Waals surface area contributed by atoms with Gasteiger partial charge in [-0.2, -0.15) is 0 Å². The topological polar surface area (TPSA) is 271 Å². The van der Waals surface area contributed by atoms with Crippen LogP contribution in [0.5, 0.6) is 23.0 Å². The highest BCUT2D eigenvalue weighted by atomic mass is 16.5. The fourth-order valence-corrected chi connectivity index (χ4v) is 5.16. The molecule has 2 fully saturated rings. The van der Waals surface area contributed by atoms with Gasteiger partial charge in [0.2, 0.25) is 0 Å². The van der Waals surface area contributed by atoms with Gasteiger partial charge >= 0.3 is 0 Å². The van der Waals surface area contributed by atoms with Gasteiger partial charge in [0.25, 0.3) is 0 Å². The Kier molecular flexibility index (Phi) is 7.58. The molecule has 2 aromatic carbocycles. The first kappa shape index (κ1) is 29.0. The van der Waals surface area contributed by atoms with Gasteiger partial charge < -0.3 is 70.1 Å². The highest BCUT2D eigenvalue weighted by Gasteiger charge is 2.48. The van der Waals surface area contributed by atoms with Crippen molar-refractivity contribution >= 4 is 11.0 Å². The van der Waals surface area contributed by atoms with Crippen molar-refractivity contribution in [2.75, 3.05) is 13.2 Å². The summed E-state index contributed by atoms with van der Waals surface area (Å²) in [5, 5.41) is 113. The molecule has 0 spiro atoms. The van der Waals surface area contributed by atoms with Crippen LogP contribution in [0.15, 0.2) is 33.5 Å². The van der Waals surface area contributed by atoms with E-state index in [1.54, 1.807) is 0 Å². The number of rotatable bonds is 4. The molecule has 41 heavy (non-hydrogen) atoms. The molecular weight excluding hydrogens is 552 g/mol. The molecule has 0 bridgehead atoms. The molecule has 0 radical (unpaired) electrons. The summed E-state index contributed by atoms with van der Waals surface area (Å²) in [6, 6.07) is 4.36. The van der Waals surface area contributed by atoms with Gasteiger partial charge in [-0.3, -0.25) is 4.79 Å². The minimum atomic E-state index is -2.01. The molecule has 3 aromatic rings. The van der Waals surface area contributed by atoms with Crippen molar-refractivity contribution in [1.29, 1.82) is 0 Å². The van der Waals surface area contributed by atoms with Crippen LogP contribution in [-0.2, 0) is 9.47 Å². The van der Waals surface area contributed by atoms with Gasteiger partial charge in [0, 0.05) is 11.6 Å². The highest BCUT2D eigenvalue weighted by molar-refractivity contribution is 5.92. The van der Waals surface area contributed by atoms with Crippen LogP contribution in [0.1, 0.15) is 23.3 Å². The minimum absolute atomic E-state index is 0.0720. The van der Waals surface area contributed by atoms with E-state index in [9.17, 15) is 61.0 Å². The molecule has 15 nitrogen and oxygen atoms in total. The molecule has 4 unspecified atom stereocenters. The Hall–Kier alpha value is -3.51. The molecule has 5 rings (SSSR count). The quantitative estimate of drug-likeness (QED) is 0.148. The lowest BCUT2D eigenvalue weighted by Gasteiger charge is -2.41. The maximum Gasteiger partial charge on any atom is 0.197 e. The first-order chi connectivity index (χ1) is 19.4. The van der Waals surface area contributed by atoms with Crippen molar-refractivity contribution in [2.45, 2.75) is 54.9 Å². The van der Waals surface area contributed by atoms with Crippen molar-refractivity contribution < 1.29 is 70.1 Å². The van der Waals surface area contributed by atoms with Crippen molar-refractivity contribution in [1.82, 2.24) is 0 Å². The zero-order chi connectivity index (χ0) is 29.9. The highest BCUT2D eigenvalue weighted by Crippen LogP contribution is 2.50. The molecule has 222 valence electrons. The number of hydrogen-bond donors (Lipinski definition) is 11. The summed E-state index contributed by atoms with van der Waals surface area (Å²) in [7, 11) is 0. The maximum absolute atomic E-state index is 13.4. The van der Waals surface area contributed by atoms with Gasteiger partial charge in [-0.25, -0.2) is 0 Å². The maximum atomic E-state index is 13.4. The predicted octanol–water partition coefficient (Wildman–Crippen LogP) is -2.05. The summed E-state index contributed by atoms with van der Waals surface area (Å²) in [4.78, 5) is 13.4.